The van der Waals surface area contributed by atoms with Gasteiger partial charge in [-0.15, -0.1) is 0 Å². The summed E-state index contributed by atoms with van der Waals surface area (Å²) in [5.74, 6) is -0.116. The van der Waals surface area contributed by atoms with Gasteiger partial charge in [0.15, 0.2) is 5.79 Å². The molecule has 2 aliphatic carbocycles. The molecule has 2 atom stereocenters. The second-order valence-corrected chi connectivity index (χ2v) is 6.88. The van der Waals surface area contributed by atoms with Crippen LogP contribution in [0.1, 0.15) is 39.5 Å². The van der Waals surface area contributed by atoms with Gasteiger partial charge in [0.25, 0.3) is 0 Å². The number of hydrogen-bond donors (Lipinski definition) is 1. The summed E-state index contributed by atoms with van der Waals surface area (Å²) in [4.78, 5) is 0. The minimum Gasteiger partial charge on any atom is -0.396 e. The van der Waals surface area contributed by atoms with Gasteiger partial charge in [-0.05, 0) is 30.3 Å². The van der Waals surface area contributed by atoms with Crippen LogP contribution >= 0.6 is 0 Å². The van der Waals surface area contributed by atoms with Crippen LogP contribution in [0, 0.1) is 16.7 Å². The molecule has 1 heterocycles. The van der Waals surface area contributed by atoms with E-state index in [0.29, 0.717) is 19.1 Å². The van der Waals surface area contributed by atoms with E-state index < -0.39 is 5.79 Å². The van der Waals surface area contributed by atoms with E-state index in [1.165, 1.54) is 12.8 Å². The highest BCUT2D eigenvalue weighted by Gasteiger charge is 2.55. The number of allylic oxidation sites excluding steroid dienone is 1. The van der Waals surface area contributed by atoms with Crippen LogP contribution in [0.3, 0.4) is 0 Å². The predicted molar refractivity (Wildman–Crippen MR) is 69.0 cm³/mol. The van der Waals surface area contributed by atoms with Crippen LogP contribution in [0.2, 0.25) is 0 Å². The third-order valence-electron chi connectivity index (χ3n) is 5.23. The molecule has 0 amide bonds. The molecule has 1 spiro atoms. The maximum Gasteiger partial charge on any atom is 0.188 e. The van der Waals surface area contributed by atoms with Crippen molar-refractivity contribution in [2.75, 3.05) is 19.8 Å². The number of rotatable bonds is 1. The number of hydrogen-bond acceptors (Lipinski definition) is 3. The monoisotopic (exact) mass is 252 g/mol. The second kappa shape index (κ2) is 4.06. The summed E-state index contributed by atoms with van der Waals surface area (Å²) in [6.45, 7) is 6.21. The first-order chi connectivity index (χ1) is 8.52. The fraction of sp³-hybridized carbons (Fsp3) is 0.867. The molecule has 0 unspecified atom stereocenters. The quantitative estimate of drug-likeness (QED) is 0.729. The van der Waals surface area contributed by atoms with Crippen LogP contribution in [-0.4, -0.2) is 30.7 Å². The summed E-state index contributed by atoms with van der Waals surface area (Å²) in [5.41, 5.74) is 0.207. The summed E-state index contributed by atoms with van der Waals surface area (Å²) in [6.07, 6.45) is 8.67. The number of fused-ring (bicyclic) bond motifs is 1. The Balaban J connectivity index is 1.97. The maximum atomic E-state index is 10.0. The van der Waals surface area contributed by atoms with E-state index in [1.807, 2.05) is 0 Å². The van der Waals surface area contributed by atoms with E-state index in [4.69, 9.17) is 9.47 Å². The predicted octanol–water partition coefficient (Wildman–Crippen LogP) is 2.49. The van der Waals surface area contributed by atoms with Crippen molar-refractivity contribution in [3.63, 3.8) is 0 Å². The van der Waals surface area contributed by atoms with Gasteiger partial charge < -0.3 is 14.6 Å². The van der Waals surface area contributed by atoms with Gasteiger partial charge >= 0.3 is 0 Å². The van der Waals surface area contributed by atoms with Crippen LogP contribution in [0.4, 0.5) is 0 Å². The fourth-order valence-corrected chi connectivity index (χ4v) is 4.39. The highest BCUT2D eigenvalue weighted by Crippen LogP contribution is 2.58. The Morgan fingerprint density at radius 2 is 1.94 bits per heavy atom. The van der Waals surface area contributed by atoms with E-state index >= 15 is 0 Å². The van der Waals surface area contributed by atoms with Crippen LogP contribution in [-0.2, 0) is 9.47 Å². The Kier molecular flexibility index (Phi) is 2.85. The van der Waals surface area contributed by atoms with E-state index in [0.717, 1.165) is 12.8 Å². The zero-order valence-electron chi connectivity index (χ0n) is 11.4. The number of ether oxygens (including phenoxy) is 2. The van der Waals surface area contributed by atoms with E-state index in [9.17, 15) is 5.11 Å². The standard InChI is InChI=1S/C15H24O3/c1-13(2)5-3-6-14(11-16)10-15(7-4-12(13)14)17-8-9-18-15/h4,7,12,16H,3,5-6,8-11H2,1-2H3/t12-,14+/m0/s1. The number of aliphatic hydroxyl groups excluding tert-OH is 1. The molecule has 3 aliphatic rings. The smallest absolute Gasteiger partial charge is 0.188 e. The lowest BCUT2D eigenvalue weighted by Gasteiger charge is -2.55. The van der Waals surface area contributed by atoms with Crippen molar-refractivity contribution in [3.05, 3.63) is 12.2 Å². The SMILES string of the molecule is CC1(C)CCC[C@]2(CO)CC3(C=C[C@@H]12)OCCO3. The molecule has 3 nitrogen and oxygen atoms in total. The van der Waals surface area contributed by atoms with E-state index in [1.54, 1.807) is 0 Å². The van der Waals surface area contributed by atoms with Crippen molar-refractivity contribution in [3.8, 4) is 0 Å². The molecule has 3 rings (SSSR count). The molecule has 18 heavy (non-hydrogen) atoms. The van der Waals surface area contributed by atoms with Crippen molar-refractivity contribution in [1.29, 1.82) is 0 Å². The highest BCUT2D eigenvalue weighted by molar-refractivity contribution is 5.17. The topological polar surface area (TPSA) is 38.7 Å². The first-order valence-electron chi connectivity index (χ1n) is 7.10. The molecule has 1 saturated carbocycles. The normalized spacial score (nSPS) is 40.9. The Bertz CT molecular complexity index is 355. The van der Waals surface area contributed by atoms with Crippen molar-refractivity contribution in [2.45, 2.75) is 45.3 Å². The van der Waals surface area contributed by atoms with Crippen molar-refractivity contribution in [1.82, 2.24) is 0 Å². The Labute approximate surface area is 109 Å². The molecular formula is C15H24O3. The van der Waals surface area contributed by atoms with Gasteiger partial charge in [-0.1, -0.05) is 26.3 Å². The summed E-state index contributed by atoms with van der Waals surface area (Å²) in [5, 5.41) is 10.0. The minimum absolute atomic E-state index is 0.0547. The molecule has 0 radical (unpaired) electrons. The summed E-state index contributed by atoms with van der Waals surface area (Å²) in [7, 11) is 0. The lowest BCUT2D eigenvalue weighted by molar-refractivity contribution is -0.179. The molecule has 102 valence electrons. The van der Waals surface area contributed by atoms with Crippen molar-refractivity contribution in [2.24, 2.45) is 16.7 Å². The van der Waals surface area contributed by atoms with Crippen LogP contribution in [0.15, 0.2) is 12.2 Å². The lowest BCUT2D eigenvalue weighted by Crippen LogP contribution is -2.52. The van der Waals surface area contributed by atoms with Gasteiger partial charge in [0.2, 0.25) is 0 Å². The molecule has 1 saturated heterocycles. The Hall–Kier alpha value is -0.380. The Morgan fingerprint density at radius 3 is 2.61 bits per heavy atom. The molecule has 1 aliphatic heterocycles. The minimum atomic E-state index is -0.549. The lowest BCUT2D eigenvalue weighted by atomic mass is 9.52. The first-order valence-corrected chi connectivity index (χ1v) is 7.10. The van der Waals surface area contributed by atoms with Crippen LogP contribution in [0.25, 0.3) is 0 Å². The zero-order valence-corrected chi connectivity index (χ0v) is 11.4. The van der Waals surface area contributed by atoms with Gasteiger partial charge in [-0.3, -0.25) is 0 Å². The van der Waals surface area contributed by atoms with Crippen molar-refractivity contribution < 1.29 is 14.6 Å². The van der Waals surface area contributed by atoms with Gasteiger partial charge in [-0.25, -0.2) is 0 Å². The average Bonchev–Trinajstić information content (AvgIpc) is 2.76. The van der Waals surface area contributed by atoms with Crippen LogP contribution < -0.4 is 0 Å². The van der Waals surface area contributed by atoms with Crippen LogP contribution in [0.5, 0.6) is 0 Å². The van der Waals surface area contributed by atoms with Gasteiger partial charge in [0.1, 0.15) is 0 Å². The molecule has 0 aromatic heterocycles. The number of aliphatic hydroxyl groups is 1. The molecule has 2 fully saturated rings. The maximum absolute atomic E-state index is 10.0. The average molecular weight is 252 g/mol. The van der Waals surface area contributed by atoms with Crippen molar-refractivity contribution >= 4 is 0 Å². The summed E-state index contributed by atoms with van der Waals surface area (Å²) in [6, 6.07) is 0. The third-order valence-corrected chi connectivity index (χ3v) is 5.23. The largest absolute Gasteiger partial charge is 0.396 e. The molecule has 3 heteroatoms. The third kappa shape index (κ3) is 1.75. The summed E-state index contributed by atoms with van der Waals surface area (Å²) < 4.78 is 11.6. The molecule has 0 bridgehead atoms. The summed E-state index contributed by atoms with van der Waals surface area (Å²) >= 11 is 0. The van der Waals surface area contributed by atoms with Gasteiger partial charge in [0.05, 0.1) is 13.2 Å². The van der Waals surface area contributed by atoms with Gasteiger partial charge in [-0.2, -0.15) is 0 Å². The molecule has 0 aromatic rings. The van der Waals surface area contributed by atoms with Gasteiger partial charge in [0, 0.05) is 18.4 Å². The zero-order chi connectivity index (χ0) is 12.9. The molecular weight excluding hydrogens is 228 g/mol. The Morgan fingerprint density at radius 1 is 1.22 bits per heavy atom. The fourth-order valence-electron chi connectivity index (χ4n) is 4.39. The molecule has 0 aromatic carbocycles. The second-order valence-electron chi connectivity index (χ2n) is 6.88. The van der Waals surface area contributed by atoms with E-state index in [-0.39, 0.29) is 17.4 Å². The highest BCUT2D eigenvalue weighted by atomic mass is 16.7. The molecule has 1 N–H and O–H groups in total. The van der Waals surface area contributed by atoms with E-state index in [2.05, 4.69) is 26.0 Å². The first kappa shape index (κ1) is 12.6.